The van der Waals surface area contributed by atoms with E-state index in [1.165, 1.54) is 0 Å². The van der Waals surface area contributed by atoms with Crippen molar-refractivity contribution in [1.29, 1.82) is 0 Å². The summed E-state index contributed by atoms with van der Waals surface area (Å²) in [4.78, 5) is 3.29. The van der Waals surface area contributed by atoms with Crippen LogP contribution in [0.5, 0.6) is 0 Å². The van der Waals surface area contributed by atoms with Crippen molar-refractivity contribution in [3.8, 4) is 0 Å². The quantitative estimate of drug-likeness (QED) is 0.598. The Labute approximate surface area is 67.0 Å². The van der Waals surface area contributed by atoms with Gasteiger partial charge in [-0.15, -0.1) is 0 Å². The number of rotatable bonds is 3. The minimum atomic E-state index is -0.185. The molecule has 0 aromatic rings. The zero-order valence-electron chi connectivity index (χ0n) is 7.86. The molecule has 0 aliphatic carbocycles. The molecule has 2 nitrogen and oxygen atoms in total. The van der Waals surface area contributed by atoms with Crippen molar-refractivity contribution >= 4 is 9.84 Å². The first kappa shape index (κ1) is 10.1. The van der Waals surface area contributed by atoms with Crippen molar-refractivity contribution in [2.24, 2.45) is 0 Å². The Morgan fingerprint density at radius 1 is 1.40 bits per heavy atom. The Kier molecular flexibility index (Phi) is 4.16. The molecule has 0 radical (unpaired) electrons. The molecule has 0 unspecified atom stereocenters. The Hall–Kier alpha value is 0.137. The van der Waals surface area contributed by atoms with E-state index >= 15 is 0 Å². The summed E-state index contributed by atoms with van der Waals surface area (Å²) in [5, 5.41) is 0. The second-order valence-corrected chi connectivity index (χ2v) is 5.33. The van der Waals surface area contributed by atoms with E-state index in [1.54, 1.807) is 0 Å². The molecule has 0 amide bonds. The highest BCUT2D eigenvalue weighted by Gasteiger charge is 2.17. The van der Waals surface area contributed by atoms with Crippen molar-refractivity contribution in [1.82, 2.24) is 9.55 Å². The van der Waals surface area contributed by atoms with Crippen LogP contribution in [0.15, 0.2) is 0 Å². The molecule has 0 atom stereocenters. The smallest absolute Gasteiger partial charge is 0.170 e. The van der Waals surface area contributed by atoms with Crippen molar-refractivity contribution in [2.45, 2.75) is 33.2 Å². The Balaban J connectivity index is 3.81. The van der Waals surface area contributed by atoms with Gasteiger partial charge in [0.25, 0.3) is 0 Å². The van der Waals surface area contributed by atoms with E-state index in [4.69, 9.17) is 0 Å². The van der Waals surface area contributed by atoms with Crippen molar-refractivity contribution in [3.05, 3.63) is 0 Å². The van der Waals surface area contributed by atoms with Crippen LogP contribution in [0.4, 0.5) is 0 Å². The zero-order chi connectivity index (χ0) is 8.20. The van der Waals surface area contributed by atoms with Crippen molar-refractivity contribution in [3.63, 3.8) is 0 Å². The molecule has 1 N–H and O–H groups in total. The molecule has 10 heavy (non-hydrogen) atoms. The van der Waals surface area contributed by atoms with E-state index in [-0.39, 0.29) is 9.84 Å². The Morgan fingerprint density at radius 2 is 1.90 bits per heavy atom. The number of hydrogen-bond donors (Lipinski definition) is 1. The molecule has 0 aromatic carbocycles. The summed E-state index contributed by atoms with van der Waals surface area (Å²) >= 11 is 0. The SMILES string of the molecule is CCN([SiH2]NC)C(C)(C)C. The molecule has 62 valence electrons. The summed E-state index contributed by atoms with van der Waals surface area (Å²) < 4.78 is 2.52. The largest absolute Gasteiger partial charge is 0.333 e. The fourth-order valence-electron chi connectivity index (χ4n) is 1.01. The number of nitrogens with one attached hydrogen (secondary N) is 1. The molecule has 0 saturated carbocycles. The molecule has 0 saturated heterocycles. The standard InChI is InChI=1S/C7H20N2Si/c1-6-9(10-8-5)7(2,3)4/h8H,6,10H2,1-5H3. The van der Waals surface area contributed by atoms with Crippen LogP contribution >= 0.6 is 0 Å². The van der Waals surface area contributed by atoms with Gasteiger partial charge in [0.15, 0.2) is 9.84 Å². The summed E-state index contributed by atoms with van der Waals surface area (Å²) in [6.07, 6.45) is 0. The van der Waals surface area contributed by atoms with E-state index in [2.05, 4.69) is 37.2 Å². The lowest BCUT2D eigenvalue weighted by atomic mass is 10.1. The molecule has 0 bridgehead atoms. The summed E-state index contributed by atoms with van der Waals surface area (Å²) in [5.74, 6) is 0. The summed E-state index contributed by atoms with van der Waals surface area (Å²) in [6, 6.07) is 0. The van der Waals surface area contributed by atoms with E-state index in [9.17, 15) is 0 Å². The van der Waals surface area contributed by atoms with Crippen LogP contribution in [0.25, 0.3) is 0 Å². The molecular weight excluding hydrogens is 140 g/mol. The lowest BCUT2D eigenvalue weighted by Crippen LogP contribution is -2.48. The van der Waals surface area contributed by atoms with Crippen LogP contribution in [0.2, 0.25) is 0 Å². The third-order valence-electron chi connectivity index (χ3n) is 1.68. The molecular formula is C7H20N2Si. The van der Waals surface area contributed by atoms with Crippen LogP contribution in [-0.2, 0) is 0 Å². The highest BCUT2D eigenvalue weighted by atomic mass is 28.2. The highest BCUT2D eigenvalue weighted by Crippen LogP contribution is 2.09. The molecule has 0 spiro atoms. The van der Waals surface area contributed by atoms with Gasteiger partial charge in [-0.1, -0.05) is 6.92 Å². The predicted octanol–water partition coefficient (Wildman–Crippen LogP) is 0.325. The first-order valence-corrected chi connectivity index (χ1v) is 5.26. The average molecular weight is 160 g/mol. The van der Waals surface area contributed by atoms with Gasteiger partial charge in [0.05, 0.1) is 0 Å². The molecule has 0 aliphatic heterocycles. The summed E-state index contributed by atoms with van der Waals surface area (Å²) in [7, 11) is 1.86. The monoisotopic (exact) mass is 160 g/mol. The highest BCUT2D eigenvalue weighted by molar-refractivity contribution is 6.28. The lowest BCUT2D eigenvalue weighted by molar-refractivity contribution is 0.262. The minimum Gasteiger partial charge on any atom is -0.333 e. The van der Waals surface area contributed by atoms with Crippen molar-refractivity contribution < 1.29 is 0 Å². The fraction of sp³-hybridized carbons (Fsp3) is 1.00. The second kappa shape index (κ2) is 4.11. The number of hydrogen-bond acceptors (Lipinski definition) is 2. The van der Waals surface area contributed by atoms with E-state index in [0.717, 1.165) is 6.54 Å². The fourth-order valence-corrected chi connectivity index (χ4v) is 2.09. The first-order valence-electron chi connectivity index (χ1n) is 3.92. The molecule has 0 heterocycles. The van der Waals surface area contributed by atoms with E-state index in [1.807, 2.05) is 7.05 Å². The van der Waals surface area contributed by atoms with Gasteiger partial charge >= 0.3 is 0 Å². The maximum absolute atomic E-state index is 3.29. The van der Waals surface area contributed by atoms with Crippen LogP contribution in [0, 0.1) is 0 Å². The van der Waals surface area contributed by atoms with Gasteiger partial charge in [-0.2, -0.15) is 0 Å². The van der Waals surface area contributed by atoms with Gasteiger partial charge in [-0.25, -0.2) is 0 Å². The second-order valence-electron chi connectivity index (χ2n) is 3.54. The zero-order valence-corrected chi connectivity index (χ0v) is 9.28. The summed E-state index contributed by atoms with van der Waals surface area (Å²) in [6.45, 7) is 10.2. The van der Waals surface area contributed by atoms with Crippen LogP contribution in [-0.4, -0.2) is 33.5 Å². The van der Waals surface area contributed by atoms with Gasteiger partial charge in [0, 0.05) is 5.54 Å². The van der Waals surface area contributed by atoms with E-state index < -0.39 is 0 Å². The summed E-state index contributed by atoms with van der Waals surface area (Å²) in [5.41, 5.74) is 0.351. The lowest BCUT2D eigenvalue weighted by Gasteiger charge is -2.34. The normalized spacial score (nSPS) is 13.8. The third-order valence-corrected chi connectivity index (χ3v) is 3.77. The van der Waals surface area contributed by atoms with Crippen LogP contribution < -0.4 is 4.98 Å². The maximum Gasteiger partial charge on any atom is 0.170 e. The van der Waals surface area contributed by atoms with E-state index in [0.29, 0.717) is 5.54 Å². The topological polar surface area (TPSA) is 15.3 Å². The van der Waals surface area contributed by atoms with Gasteiger partial charge in [-0.05, 0) is 34.4 Å². The van der Waals surface area contributed by atoms with Crippen LogP contribution in [0.1, 0.15) is 27.7 Å². The first-order chi connectivity index (χ1) is 4.52. The molecule has 0 fully saturated rings. The van der Waals surface area contributed by atoms with Crippen LogP contribution in [0.3, 0.4) is 0 Å². The maximum atomic E-state index is 3.29. The van der Waals surface area contributed by atoms with Crippen molar-refractivity contribution in [2.75, 3.05) is 13.6 Å². The third kappa shape index (κ3) is 3.34. The Morgan fingerprint density at radius 3 is 2.00 bits per heavy atom. The Bertz CT molecular complexity index is 88.1. The van der Waals surface area contributed by atoms with Gasteiger partial charge in [0.1, 0.15) is 0 Å². The molecule has 3 heteroatoms. The molecule has 0 aliphatic rings. The van der Waals surface area contributed by atoms with Gasteiger partial charge in [0.2, 0.25) is 0 Å². The molecule has 0 aromatic heterocycles. The average Bonchev–Trinajstić information content (AvgIpc) is 1.80. The number of nitrogens with zero attached hydrogens (tertiary/aromatic N) is 1. The predicted molar refractivity (Wildman–Crippen MR) is 49.7 cm³/mol. The minimum absolute atomic E-state index is 0.185. The van der Waals surface area contributed by atoms with Gasteiger partial charge < -0.3 is 9.55 Å². The molecule has 0 rings (SSSR count). The van der Waals surface area contributed by atoms with Gasteiger partial charge in [-0.3, -0.25) is 0 Å².